The van der Waals surface area contributed by atoms with Crippen LogP contribution in [0.4, 0.5) is 0 Å². The molecule has 5 nitrogen and oxygen atoms in total. The molecule has 4 aromatic rings. The molecule has 5 heterocycles. The molecular formula is C14H10N5+. The Bertz CT molecular complexity index is 947. The van der Waals surface area contributed by atoms with Crippen LogP contribution in [-0.2, 0) is 6.54 Å². The summed E-state index contributed by atoms with van der Waals surface area (Å²) in [6, 6.07) is 4.11. The summed E-state index contributed by atoms with van der Waals surface area (Å²) in [7, 11) is 0. The fourth-order valence-electron chi connectivity index (χ4n) is 3.01. The molecule has 0 atom stereocenters. The van der Waals surface area contributed by atoms with E-state index in [-0.39, 0.29) is 0 Å². The predicted molar refractivity (Wildman–Crippen MR) is 68.7 cm³/mol. The van der Waals surface area contributed by atoms with Crippen LogP contribution in [0.3, 0.4) is 0 Å². The highest BCUT2D eigenvalue weighted by molar-refractivity contribution is 5.78. The minimum Gasteiger partial charge on any atom is -0.264 e. The molecule has 4 aromatic heterocycles. The first-order valence-corrected chi connectivity index (χ1v) is 6.20. The van der Waals surface area contributed by atoms with E-state index in [1.165, 1.54) is 16.8 Å². The fourth-order valence-corrected chi connectivity index (χ4v) is 3.01. The minimum atomic E-state index is 0.891. The summed E-state index contributed by atoms with van der Waals surface area (Å²) < 4.78 is 6.55. The van der Waals surface area contributed by atoms with E-state index in [0.717, 1.165) is 17.7 Å². The molecule has 1 aliphatic heterocycles. The molecule has 5 rings (SSSR count). The second-order valence-electron chi connectivity index (χ2n) is 4.86. The molecule has 0 saturated heterocycles. The van der Waals surface area contributed by atoms with Crippen LogP contribution in [0.15, 0.2) is 49.6 Å². The largest absolute Gasteiger partial charge is 0.279 e. The normalized spacial score (nSPS) is 13.1. The van der Waals surface area contributed by atoms with Gasteiger partial charge in [0.15, 0.2) is 18.3 Å². The van der Waals surface area contributed by atoms with Gasteiger partial charge < -0.3 is 0 Å². The van der Waals surface area contributed by atoms with Gasteiger partial charge in [-0.1, -0.05) is 0 Å². The van der Waals surface area contributed by atoms with Gasteiger partial charge in [0.1, 0.15) is 11.7 Å². The van der Waals surface area contributed by atoms with Crippen molar-refractivity contribution < 1.29 is 4.40 Å². The van der Waals surface area contributed by atoms with Crippen molar-refractivity contribution in [1.82, 2.24) is 18.9 Å². The Kier molecular flexibility index (Phi) is 1.46. The Labute approximate surface area is 108 Å². The number of fused-ring (bicyclic) bond motifs is 7. The zero-order valence-electron chi connectivity index (χ0n) is 10.1. The van der Waals surface area contributed by atoms with Crippen LogP contribution >= 0.6 is 0 Å². The van der Waals surface area contributed by atoms with Gasteiger partial charge in [-0.25, -0.2) is 13.8 Å². The molecule has 0 amide bonds. The number of nitrogens with zero attached hydrogens (tertiary/aromatic N) is 5. The third-order valence-corrected chi connectivity index (χ3v) is 3.80. The number of hydrogen-bond acceptors (Lipinski definition) is 2. The van der Waals surface area contributed by atoms with E-state index in [2.05, 4.69) is 41.9 Å². The monoisotopic (exact) mass is 248 g/mol. The van der Waals surface area contributed by atoms with Crippen LogP contribution in [0.25, 0.3) is 22.4 Å². The van der Waals surface area contributed by atoms with Crippen molar-refractivity contribution in [2.45, 2.75) is 6.54 Å². The van der Waals surface area contributed by atoms with Crippen molar-refractivity contribution in [3.05, 3.63) is 55.1 Å². The van der Waals surface area contributed by atoms with Gasteiger partial charge in [-0.2, -0.15) is 0 Å². The average molecular weight is 248 g/mol. The maximum atomic E-state index is 4.22. The molecule has 5 heteroatoms. The Hall–Kier alpha value is -2.69. The topological polar surface area (TPSA) is 39.2 Å². The SMILES string of the molecule is c1cc2c(cn1)Cn1c[n+]3cc4ccncn4c3c1-2. The van der Waals surface area contributed by atoms with Crippen LogP contribution in [0.2, 0.25) is 0 Å². The van der Waals surface area contributed by atoms with Crippen LogP contribution < -0.4 is 4.40 Å². The van der Waals surface area contributed by atoms with Gasteiger partial charge in [-0.05, 0) is 12.1 Å². The Morgan fingerprint density at radius 2 is 2.11 bits per heavy atom. The van der Waals surface area contributed by atoms with E-state index in [1.807, 2.05) is 31.0 Å². The first-order valence-electron chi connectivity index (χ1n) is 6.20. The van der Waals surface area contributed by atoms with Crippen molar-refractivity contribution in [3.8, 4) is 11.3 Å². The van der Waals surface area contributed by atoms with Crippen LogP contribution in [0.5, 0.6) is 0 Å². The fraction of sp³-hybridized carbons (Fsp3) is 0.0714. The second kappa shape index (κ2) is 3.00. The lowest BCUT2D eigenvalue weighted by Gasteiger charge is -1.93. The van der Waals surface area contributed by atoms with Gasteiger partial charge in [0, 0.05) is 29.7 Å². The Morgan fingerprint density at radius 3 is 3.11 bits per heavy atom. The van der Waals surface area contributed by atoms with E-state index in [9.17, 15) is 0 Å². The molecule has 90 valence electrons. The van der Waals surface area contributed by atoms with E-state index in [4.69, 9.17) is 0 Å². The highest BCUT2D eigenvalue weighted by Gasteiger charge is 2.29. The molecule has 0 aliphatic carbocycles. The van der Waals surface area contributed by atoms with Crippen molar-refractivity contribution in [2.24, 2.45) is 0 Å². The summed E-state index contributed by atoms with van der Waals surface area (Å²) in [4.78, 5) is 8.43. The summed E-state index contributed by atoms with van der Waals surface area (Å²) in [5.74, 6) is 0. The summed E-state index contributed by atoms with van der Waals surface area (Å²) in [6.07, 6.45) is 11.8. The molecule has 0 bridgehead atoms. The molecule has 0 saturated carbocycles. The van der Waals surface area contributed by atoms with Gasteiger partial charge >= 0.3 is 0 Å². The molecular weight excluding hydrogens is 238 g/mol. The Balaban J connectivity index is 2.00. The zero-order chi connectivity index (χ0) is 12.4. The van der Waals surface area contributed by atoms with E-state index >= 15 is 0 Å². The molecule has 0 N–H and O–H groups in total. The first kappa shape index (κ1) is 9.27. The average Bonchev–Trinajstić information content (AvgIpc) is 3.04. The second-order valence-corrected chi connectivity index (χ2v) is 4.86. The molecule has 0 unspecified atom stereocenters. The highest BCUT2D eigenvalue weighted by atomic mass is 15.2. The zero-order valence-corrected chi connectivity index (χ0v) is 10.1. The third kappa shape index (κ3) is 1.03. The highest BCUT2D eigenvalue weighted by Crippen LogP contribution is 2.33. The number of pyridine rings is 1. The predicted octanol–water partition coefficient (Wildman–Crippen LogP) is 1.30. The molecule has 0 aromatic carbocycles. The lowest BCUT2D eigenvalue weighted by molar-refractivity contribution is -0.509. The minimum absolute atomic E-state index is 0.891. The van der Waals surface area contributed by atoms with Crippen molar-refractivity contribution in [2.75, 3.05) is 0 Å². The van der Waals surface area contributed by atoms with Crippen molar-refractivity contribution >= 4 is 11.2 Å². The number of hydrogen-bond donors (Lipinski definition) is 0. The molecule has 0 fully saturated rings. The molecule has 0 radical (unpaired) electrons. The molecule has 19 heavy (non-hydrogen) atoms. The van der Waals surface area contributed by atoms with Gasteiger partial charge in [0.25, 0.3) is 5.65 Å². The lowest BCUT2D eigenvalue weighted by Crippen LogP contribution is -2.15. The molecule has 0 spiro atoms. The number of rotatable bonds is 0. The van der Waals surface area contributed by atoms with Crippen LogP contribution in [-0.4, -0.2) is 18.9 Å². The van der Waals surface area contributed by atoms with Gasteiger partial charge in [0.2, 0.25) is 0 Å². The summed E-state index contributed by atoms with van der Waals surface area (Å²) >= 11 is 0. The van der Waals surface area contributed by atoms with Gasteiger partial charge in [-0.3, -0.25) is 9.55 Å². The lowest BCUT2D eigenvalue weighted by atomic mass is 10.1. The summed E-state index contributed by atoms with van der Waals surface area (Å²) in [5, 5.41) is 0. The Morgan fingerprint density at radius 1 is 1.16 bits per heavy atom. The van der Waals surface area contributed by atoms with Crippen LogP contribution in [0.1, 0.15) is 5.56 Å². The number of imidazole rings is 2. The van der Waals surface area contributed by atoms with Crippen molar-refractivity contribution in [1.29, 1.82) is 0 Å². The molecule has 1 aliphatic rings. The standard InChI is InChI=1S/C14H10N5/c1-3-16-8-19-11(1)7-18-9-17-6-10-5-15-4-2-12(10)13(17)14(18)19/h1-5,7-9H,6H2/q+1. The van der Waals surface area contributed by atoms with E-state index < -0.39 is 0 Å². The van der Waals surface area contributed by atoms with Crippen LogP contribution in [0, 0.1) is 0 Å². The maximum Gasteiger partial charge on any atom is 0.279 e. The third-order valence-electron chi connectivity index (χ3n) is 3.80. The first-order chi connectivity index (χ1) is 9.42. The van der Waals surface area contributed by atoms with Gasteiger partial charge in [0.05, 0.1) is 6.54 Å². The quantitative estimate of drug-likeness (QED) is 0.387. The van der Waals surface area contributed by atoms with Crippen molar-refractivity contribution in [3.63, 3.8) is 0 Å². The number of aromatic nitrogens is 5. The summed E-state index contributed by atoms with van der Waals surface area (Å²) in [6.45, 7) is 0.891. The smallest absolute Gasteiger partial charge is 0.264 e. The van der Waals surface area contributed by atoms with E-state index in [0.29, 0.717) is 0 Å². The van der Waals surface area contributed by atoms with Gasteiger partial charge in [-0.15, -0.1) is 0 Å². The van der Waals surface area contributed by atoms with E-state index in [1.54, 1.807) is 0 Å². The maximum absolute atomic E-state index is 4.22. The summed E-state index contributed by atoms with van der Waals surface area (Å²) in [5.41, 5.74) is 6.09.